The molecule has 4 heteroatoms. The maximum atomic E-state index is 4.34. The molecule has 2 aromatic rings. The monoisotopic (exact) mass is 249 g/mol. The zero-order valence-electron chi connectivity index (χ0n) is 10.9. The summed E-state index contributed by atoms with van der Waals surface area (Å²) in [6.45, 7) is 8.15. The Bertz CT molecular complexity index is 511. The normalized spacial score (nSPS) is 11.1. The van der Waals surface area contributed by atoms with Gasteiger partial charge in [-0.25, -0.2) is 4.98 Å². The van der Waals surface area contributed by atoms with Crippen LogP contribution in [0.3, 0.4) is 0 Å². The molecule has 17 heavy (non-hydrogen) atoms. The first-order chi connectivity index (χ1) is 8.08. The second-order valence-corrected chi connectivity index (χ2v) is 5.74. The fraction of sp³-hybridized carbons (Fsp3) is 0.462. The molecule has 0 aromatic carbocycles. The van der Waals surface area contributed by atoms with Crippen molar-refractivity contribution in [2.75, 3.05) is 0 Å². The van der Waals surface area contributed by atoms with Gasteiger partial charge in [0.2, 0.25) is 0 Å². The number of nitrogens with zero attached hydrogens (tertiary/aromatic N) is 2. The molecule has 92 valence electrons. The summed E-state index contributed by atoms with van der Waals surface area (Å²) in [6.07, 6.45) is 1.93. The molecule has 0 aliphatic heterocycles. The van der Waals surface area contributed by atoms with E-state index in [4.69, 9.17) is 0 Å². The standard InChI is InChI=1S/C13H19N3S/c1-9-5-12(11(3)16(9)4)7-14-8-13-15-6-10(2)17-13/h5-6,14H,7-8H2,1-4H3. The predicted molar refractivity (Wildman–Crippen MR) is 72.3 cm³/mol. The van der Waals surface area contributed by atoms with Gasteiger partial charge >= 0.3 is 0 Å². The van der Waals surface area contributed by atoms with Crippen molar-refractivity contribution in [2.24, 2.45) is 7.05 Å². The topological polar surface area (TPSA) is 29.9 Å². The van der Waals surface area contributed by atoms with Crippen LogP contribution >= 0.6 is 11.3 Å². The van der Waals surface area contributed by atoms with Crippen LogP contribution in [0, 0.1) is 20.8 Å². The minimum Gasteiger partial charge on any atom is -0.352 e. The highest BCUT2D eigenvalue weighted by atomic mass is 32.1. The van der Waals surface area contributed by atoms with Gasteiger partial charge in [-0.1, -0.05) is 0 Å². The fourth-order valence-electron chi connectivity index (χ4n) is 1.90. The molecule has 2 aromatic heterocycles. The second-order valence-electron chi connectivity index (χ2n) is 4.42. The van der Waals surface area contributed by atoms with E-state index in [9.17, 15) is 0 Å². The molecule has 2 rings (SSSR count). The van der Waals surface area contributed by atoms with Crippen molar-refractivity contribution >= 4 is 11.3 Å². The second kappa shape index (κ2) is 5.02. The lowest BCUT2D eigenvalue weighted by Gasteiger charge is -2.03. The highest BCUT2D eigenvalue weighted by Crippen LogP contribution is 2.14. The Morgan fingerprint density at radius 1 is 1.29 bits per heavy atom. The van der Waals surface area contributed by atoms with Gasteiger partial charge in [-0.3, -0.25) is 0 Å². The minimum absolute atomic E-state index is 0.853. The van der Waals surface area contributed by atoms with Crippen LogP contribution in [-0.2, 0) is 20.1 Å². The lowest BCUT2D eigenvalue weighted by Crippen LogP contribution is -2.13. The maximum Gasteiger partial charge on any atom is 0.107 e. The van der Waals surface area contributed by atoms with Crippen LogP contribution in [0.25, 0.3) is 0 Å². The van der Waals surface area contributed by atoms with Crippen molar-refractivity contribution in [1.82, 2.24) is 14.9 Å². The number of hydrogen-bond donors (Lipinski definition) is 1. The highest BCUT2D eigenvalue weighted by Gasteiger charge is 2.05. The first-order valence-electron chi connectivity index (χ1n) is 5.81. The van der Waals surface area contributed by atoms with E-state index in [2.05, 4.69) is 48.8 Å². The van der Waals surface area contributed by atoms with Crippen molar-refractivity contribution in [2.45, 2.75) is 33.9 Å². The van der Waals surface area contributed by atoms with E-state index in [0.29, 0.717) is 0 Å². The smallest absolute Gasteiger partial charge is 0.107 e. The first kappa shape index (κ1) is 12.3. The van der Waals surface area contributed by atoms with E-state index < -0.39 is 0 Å². The molecule has 0 spiro atoms. The molecule has 0 unspecified atom stereocenters. The zero-order valence-corrected chi connectivity index (χ0v) is 11.7. The van der Waals surface area contributed by atoms with Crippen LogP contribution in [0.15, 0.2) is 12.3 Å². The molecule has 0 fully saturated rings. The van der Waals surface area contributed by atoms with Gasteiger partial charge in [-0.15, -0.1) is 11.3 Å². The van der Waals surface area contributed by atoms with E-state index in [1.807, 2.05) is 6.20 Å². The summed E-state index contributed by atoms with van der Waals surface area (Å²) in [5.74, 6) is 0. The molecule has 0 atom stereocenters. The number of aromatic nitrogens is 2. The largest absolute Gasteiger partial charge is 0.352 e. The summed E-state index contributed by atoms with van der Waals surface area (Å²) in [5, 5.41) is 4.61. The molecule has 2 heterocycles. The van der Waals surface area contributed by atoms with E-state index in [0.717, 1.165) is 18.1 Å². The Labute approximate surface area is 107 Å². The van der Waals surface area contributed by atoms with Gasteiger partial charge < -0.3 is 9.88 Å². The van der Waals surface area contributed by atoms with Gasteiger partial charge in [0.15, 0.2) is 0 Å². The number of aryl methyl sites for hydroxylation is 2. The van der Waals surface area contributed by atoms with Gasteiger partial charge in [-0.05, 0) is 32.4 Å². The molecule has 0 saturated heterocycles. The first-order valence-corrected chi connectivity index (χ1v) is 6.63. The number of hydrogen-bond acceptors (Lipinski definition) is 3. The summed E-state index contributed by atoms with van der Waals surface area (Å²) < 4.78 is 2.23. The Balaban J connectivity index is 1.92. The van der Waals surface area contributed by atoms with Gasteiger partial charge in [0, 0.05) is 42.6 Å². The third kappa shape index (κ3) is 2.76. The third-order valence-electron chi connectivity index (χ3n) is 3.14. The Hall–Kier alpha value is -1.13. The van der Waals surface area contributed by atoms with Gasteiger partial charge in [0.05, 0.1) is 0 Å². The van der Waals surface area contributed by atoms with Crippen molar-refractivity contribution in [3.63, 3.8) is 0 Å². The van der Waals surface area contributed by atoms with Crippen molar-refractivity contribution in [3.05, 3.63) is 39.1 Å². The summed E-state index contributed by atoms with van der Waals surface area (Å²) in [6, 6.07) is 2.25. The van der Waals surface area contributed by atoms with E-state index in [-0.39, 0.29) is 0 Å². The predicted octanol–water partition coefficient (Wildman–Crippen LogP) is 2.70. The average Bonchev–Trinajstić information content (AvgIpc) is 2.80. The molecular weight excluding hydrogens is 230 g/mol. The summed E-state index contributed by atoms with van der Waals surface area (Å²) in [5.41, 5.74) is 4.02. The molecule has 0 aliphatic carbocycles. The van der Waals surface area contributed by atoms with Crippen LogP contribution in [0.5, 0.6) is 0 Å². The van der Waals surface area contributed by atoms with E-state index >= 15 is 0 Å². The SMILES string of the molecule is Cc1cnc(CNCc2cc(C)n(C)c2C)s1. The van der Waals surface area contributed by atoms with Crippen molar-refractivity contribution in [3.8, 4) is 0 Å². The van der Waals surface area contributed by atoms with E-state index in [1.165, 1.54) is 21.8 Å². The molecule has 0 radical (unpaired) electrons. The molecule has 0 amide bonds. The van der Waals surface area contributed by atoms with Crippen LogP contribution in [0.2, 0.25) is 0 Å². The Morgan fingerprint density at radius 3 is 2.59 bits per heavy atom. The van der Waals surface area contributed by atoms with E-state index in [1.54, 1.807) is 11.3 Å². The molecule has 1 N–H and O–H groups in total. The minimum atomic E-state index is 0.853. The summed E-state index contributed by atoms with van der Waals surface area (Å²) >= 11 is 1.76. The fourth-order valence-corrected chi connectivity index (χ4v) is 2.66. The highest BCUT2D eigenvalue weighted by molar-refractivity contribution is 7.11. The van der Waals surface area contributed by atoms with Crippen molar-refractivity contribution in [1.29, 1.82) is 0 Å². The Kier molecular flexibility index (Phi) is 3.64. The van der Waals surface area contributed by atoms with Gasteiger partial charge in [-0.2, -0.15) is 0 Å². The van der Waals surface area contributed by atoms with Crippen molar-refractivity contribution < 1.29 is 0 Å². The number of thiazole rings is 1. The van der Waals surface area contributed by atoms with Crippen LogP contribution in [0.1, 0.15) is 26.8 Å². The number of rotatable bonds is 4. The molecule has 0 saturated carbocycles. The zero-order chi connectivity index (χ0) is 12.4. The summed E-state index contributed by atoms with van der Waals surface area (Å²) in [4.78, 5) is 5.61. The molecule has 0 aliphatic rings. The van der Waals surface area contributed by atoms with Crippen LogP contribution in [-0.4, -0.2) is 9.55 Å². The summed E-state index contributed by atoms with van der Waals surface area (Å²) in [7, 11) is 2.11. The molecular formula is C13H19N3S. The third-order valence-corrected chi connectivity index (χ3v) is 4.05. The van der Waals surface area contributed by atoms with Crippen LogP contribution in [0.4, 0.5) is 0 Å². The quantitative estimate of drug-likeness (QED) is 0.903. The Morgan fingerprint density at radius 2 is 2.06 bits per heavy atom. The van der Waals surface area contributed by atoms with Gasteiger partial charge in [0.1, 0.15) is 5.01 Å². The molecule has 0 bridgehead atoms. The lowest BCUT2D eigenvalue weighted by atomic mass is 10.2. The number of nitrogens with one attached hydrogen (secondary N) is 1. The van der Waals surface area contributed by atoms with Gasteiger partial charge in [0.25, 0.3) is 0 Å². The average molecular weight is 249 g/mol. The van der Waals surface area contributed by atoms with Crippen LogP contribution < -0.4 is 5.32 Å². The maximum absolute atomic E-state index is 4.34. The lowest BCUT2D eigenvalue weighted by molar-refractivity contribution is 0.684. The molecule has 3 nitrogen and oxygen atoms in total.